The molecule has 3 aromatic rings. The van der Waals surface area contributed by atoms with Gasteiger partial charge in [-0.25, -0.2) is 4.98 Å². The van der Waals surface area contributed by atoms with Crippen molar-refractivity contribution in [1.29, 1.82) is 0 Å². The number of aryl methyl sites for hydroxylation is 1. The average molecular weight is 296 g/mol. The van der Waals surface area contributed by atoms with Gasteiger partial charge in [0.05, 0.1) is 16.3 Å². The van der Waals surface area contributed by atoms with Crippen molar-refractivity contribution < 1.29 is 0 Å². The summed E-state index contributed by atoms with van der Waals surface area (Å²) in [4.78, 5) is 9.10. The van der Waals surface area contributed by atoms with Gasteiger partial charge in [0.1, 0.15) is 0 Å². The number of hydrogen-bond acceptors (Lipinski definition) is 3. The number of aromatic nitrogens is 2. The standard InChI is InChI=1S/C16H12N2S2/c19-16-17-14-11-5-2-1-4-10(11)7-8-12(14)15(18-16)13-6-3-9-20-13/h1-6,9H,7-8H2,(H,17,18,19). The van der Waals surface area contributed by atoms with E-state index >= 15 is 0 Å². The average Bonchev–Trinajstić information content (AvgIpc) is 3.00. The van der Waals surface area contributed by atoms with E-state index in [0.717, 1.165) is 24.2 Å². The largest absolute Gasteiger partial charge is 0.329 e. The number of fused-ring (bicyclic) bond motifs is 3. The Bertz CT molecular complexity index is 832. The normalized spacial score (nSPS) is 12.8. The summed E-state index contributed by atoms with van der Waals surface area (Å²) in [6, 6.07) is 12.7. The molecule has 0 aliphatic heterocycles. The third-order valence-electron chi connectivity index (χ3n) is 3.72. The van der Waals surface area contributed by atoms with E-state index in [4.69, 9.17) is 12.2 Å². The SMILES string of the molecule is S=c1nc2c(c(-c3cccs3)[nH]1)CCc1ccccc1-2. The maximum Gasteiger partial charge on any atom is 0.197 e. The van der Waals surface area contributed by atoms with Gasteiger partial charge >= 0.3 is 0 Å². The summed E-state index contributed by atoms with van der Waals surface area (Å²) in [6.45, 7) is 0. The molecule has 20 heavy (non-hydrogen) atoms. The van der Waals surface area contributed by atoms with Crippen molar-refractivity contribution >= 4 is 23.6 Å². The predicted octanol–water partition coefficient (Wildman–Crippen LogP) is 4.63. The number of benzene rings is 1. The molecule has 0 saturated carbocycles. The molecule has 1 aliphatic rings. The molecule has 2 heterocycles. The zero-order valence-corrected chi connectivity index (χ0v) is 12.4. The van der Waals surface area contributed by atoms with Crippen LogP contribution in [0, 0.1) is 4.77 Å². The number of thiophene rings is 1. The van der Waals surface area contributed by atoms with Crippen LogP contribution < -0.4 is 0 Å². The second-order valence-electron chi connectivity index (χ2n) is 4.88. The first kappa shape index (κ1) is 12.0. The first-order chi connectivity index (χ1) is 9.83. The third-order valence-corrected chi connectivity index (χ3v) is 4.80. The summed E-state index contributed by atoms with van der Waals surface area (Å²) in [7, 11) is 0. The highest BCUT2D eigenvalue weighted by Gasteiger charge is 2.21. The van der Waals surface area contributed by atoms with Crippen LogP contribution in [0.3, 0.4) is 0 Å². The number of H-pyrrole nitrogens is 1. The van der Waals surface area contributed by atoms with Crippen molar-refractivity contribution in [2.24, 2.45) is 0 Å². The Morgan fingerprint density at radius 2 is 2.00 bits per heavy atom. The van der Waals surface area contributed by atoms with Gasteiger partial charge in [0.25, 0.3) is 0 Å². The number of rotatable bonds is 1. The maximum atomic E-state index is 5.33. The smallest absolute Gasteiger partial charge is 0.197 e. The molecule has 0 bridgehead atoms. The van der Waals surface area contributed by atoms with Crippen molar-refractivity contribution in [3.63, 3.8) is 0 Å². The van der Waals surface area contributed by atoms with Crippen molar-refractivity contribution in [2.75, 3.05) is 0 Å². The molecule has 98 valence electrons. The molecule has 0 saturated heterocycles. The molecule has 0 fully saturated rings. The fourth-order valence-corrected chi connectivity index (χ4v) is 3.77. The fourth-order valence-electron chi connectivity index (χ4n) is 2.82. The zero-order chi connectivity index (χ0) is 13.5. The molecular formula is C16H12N2S2. The maximum absolute atomic E-state index is 5.33. The van der Waals surface area contributed by atoms with Crippen molar-refractivity contribution in [2.45, 2.75) is 12.8 Å². The van der Waals surface area contributed by atoms with Crippen LogP contribution in [-0.2, 0) is 12.8 Å². The lowest BCUT2D eigenvalue weighted by Gasteiger charge is -2.20. The summed E-state index contributed by atoms with van der Waals surface area (Å²) in [5.41, 5.74) is 6.08. The Labute approximate surface area is 126 Å². The first-order valence-electron chi connectivity index (χ1n) is 6.58. The van der Waals surface area contributed by atoms with Crippen molar-refractivity contribution in [3.05, 3.63) is 57.7 Å². The molecule has 0 radical (unpaired) electrons. The summed E-state index contributed by atoms with van der Waals surface area (Å²) >= 11 is 7.06. The summed E-state index contributed by atoms with van der Waals surface area (Å²) < 4.78 is 0.559. The zero-order valence-electron chi connectivity index (χ0n) is 10.7. The van der Waals surface area contributed by atoms with Crippen LogP contribution in [-0.4, -0.2) is 9.97 Å². The molecule has 4 heteroatoms. The Kier molecular flexibility index (Phi) is 2.79. The van der Waals surface area contributed by atoms with Gasteiger partial charge in [-0.3, -0.25) is 0 Å². The van der Waals surface area contributed by atoms with E-state index in [0.29, 0.717) is 4.77 Å². The minimum atomic E-state index is 0.559. The highest BCUT2D eigenvalue weighted by molar-refractivity contribution is 7.71. The lowest BCUT2D eigenvalue weighted by atomic mass is 9.88. The molecule has 0 spiro atoms. The predicted molar refractivity (Wildman–Crippen MR) is 85.6 cm³/mol. The Hall–Kier alpha value is -1.78. The number of aromatic amines is 1. The van der Waals surface area contributed by atoms with E-state index in [2.05, 4.69) is 51.7 Å². The van der Waals surface area contributed by atoms with E-state index in [1.54, 1.807) is 11.3 Å². The molecule has 1 N–H and O–H groups in total. The van der Waals surface area contributed by atoms with Crippen LogP contribution in [0.5, 0.6) is 0 Å². The van der Waals surface area contributed by atoms with Gasteiger partial charge in [0.2, 0.25) is 0 Å². The third kappa shape index (κ3) is 1.84. The Morgan fingerprint density at radius 1 is 1.10 bits per heavy atom. The quantitative estimate of drug-likeness (QED) is 0.663. The van der Waals surface area contributed by atoms with Crippen molar-refractivity contribution in [3.8, 4) is 21.8 Å². The molecule has 1 aromatic carbocycles. The van der Waals surface area contributed by atoms with E-state index in [1.165, 1.54) is 21.6 Å². The van der Waals surface area contributed by atoms with Crippen LogP contribution >= 0.6 is 23.6 Å². The van der Waals surface area contributed by atoms with Gasteiger partial charge in [-0.2, -0.15) is 0 Å². The number of nitrogens with one attached hydrogen (secondary N) is 1. The summed E-state index contributed by atoms with van der Waals surface area (Å²) in [5.74, 6) is 0. The highest BCUT2D eigenvalue weighted by atomic mass is 32.1. The second-order valence-corrected chi connectivity index (χ2v) is 6.21. The van der Waals surface area contributed by atoms with Gasteiger partial charge in [-0.1, -0.05) is 30.3 Å². The molecule has 0 atom stereocenters. The topological polar surface area (TPSA) is 28.7 Å². The lowest BCUT2D eigenvalue weighted by Crippen LogP contribution is -2.08. The van der Waals surface area contributed by atoms with Gasteiger partial charge < -0.3 is 4.98 Å². The van der Waals surface area contributed by atoms with Crippen LogP contribution in [0.15, 0.2) is 41.8 Å². The first-order valence-corrected chi connectivity index (χ1v) is 7.87. The summed E-state index contributed by atoms with van der Waals surface area (Å²) in [5, 5.41) is 2.09. The van der Waals surface area contributed by atoms with Gasteiger partial charge in [0, 0.05) is 11.1 Å². The monoisotopic (exact) mass is 296 g/mol. The van der Waals surface area contributed by atoms with E-state index in [-0.39, 0.29) is 0 Å². The Balaban J connectivity index is 2.04. The molecule has 0 unspecified atom stereocenters. The van der Waals surface area contributed by atoms with Crippen LogP contribution in [0.2, 0.25) is 0 Å². The fraction of sp³-hybridized carbons (Fsp3) is 0.125. The minimum Gasteiger partial charge on any atom is -0.329 e. The highest BCUT2D eigenvalue weighted by Crippen LogP contribution is 2.37. The van der Waals surface area contributed by atoms with E-state index in [1.807, 2.05) is 0 Å². The van der Waals surface area contributed by atoms with Gasteiger partial charge in [0.15, 0.2) is 4.77 Å². The van der Waals surface area contributed by atoms with E-state index < -0.39 is 0 Å². The molecule has 0 amide bonds. The molecule has 4 rings (SSSR count). The van der Waals surface area contributed by atoms with Gasteiger partial charge in [-0.15, -0.1) is 11.3 Å². The molecular weight excluding hydrogens is 284 g/mol. The van der Waals surface area contributed by atoms with Gasteiger partial charge in [-0.05, 0) is 42.1 Å². The molecule has 2 nitrogen and oxygen atoms in total. The van der Waals surface area contributed by atoms with Crippen LogP contribution in [0.1, 0.15) is 11.1 Å². The molecule has 1 aliphatic carbocycles. The summed E-state index contributed by atoms with van der Waals surface area (Å²) in [6.07, 6.45) is 2.08. The molecule has 2 aromatic heterocycles. The van der Waals surface area contributed by atoms with Crippen molar-refractivity contribution in [1.82, 2.24) is 9.97 Å². The minimum absolute atomic E-state index is 0.559. The number of hydrogen-bond donors (Lipinski definition) is 1. The number of nitrogens with zero attached hydrogens (tertiary/aromatic N) is 1. The second kappa shape index (κ2) is 4.65. The van der Waals surface area contributed by atoms with Crippen LogP contribution in [0.25, 0.3) is 21.8 Å². The van der Waals surface area contributed by atoms with E-state index in [9.17, 15) is 0 Å². The lowest BCUT2D eigenvalue weighted by molar-refractivity contribution is 0.911. The van der Waals surface area contributed by atoms with Crippen LogP contribution in [0.4, 0.5) is 0 Å². The Morgan fingerprint density at radius 3 is 2.85 bits per heavy atom.